The van der Waals surface area contributed by atoms with Crippen LogP contribution in [0.1, 0.15) is 25.0 Å². The Morgan fingerprint density at radius 2 is 1.41 bits per heavy atom. The van der Waals surface area contributed by atoms with Gasteiger partial charge in [-0.15, -0.1) is 0 Å². The number of rotatable bonds is 5. The molecule has 0 bridgehead atoms. The van der Waals surface area contributed by atoms with Crippen LogP contribution in [0.3, 0.4) is 0 Å². The average Bonchev–Trinajstić information content (AvgIpc) is 2.49. The first kappa shape index (κ1) is 15.8. The summed E-state index contributed by atoms with van der Waals surface area (Å²) < 4.78 is 0. The van der Waals surface area contributed by atoms with Crippen molar-refractivity contribution in [3.8, 4) is 0 Å². The van der Waals surface area contributed by atoms with Crippen molar-refractivity contribution in [1.29, 1.82) is 0 Å². The van der Waals surface area contributed by atoms with Gasteiger partial charge in [0.15, 0.2) is 0 Å². The van der Waals surface area contributed by atoms with Crippen molar-refractivity contribution in [3.63, 3.8) is 0 Å². The number of anilines is 5. The third-order valence-electron chi connectivity index (χ3n) is 3.91. The smallest absolute Gasteiger partial charge is 0.0785 e. The second-order valence-electron chi connectivity index (χ2n) is 5.43. The molecule has 2 aromatic rings. The summed E-state index contributed by atoms with van der Waals surface area (Å²) in [6, 6.07) is 9.74. The summed E-state index contributed by atoms with van der Waals surface area (Å²) in [6.45, 7) is 5.98. The van der Waals surface area contributed by atoms with E-state index in [4.69, 9.17) is 22.9 Å². The van der Waals surface area contributed by atoms with Crippen molar-refractivity contribution in [2.24, 2.45) is 0 Å². The van der Waals surface area contributed by atoms with Gasteiger partial charge in [-0.05, 0) is 55.7 Å². The molecule has 0 atom stereocenters. The second kappa shape index (κ2) is 6.47. The molecule has 0 heterocycles. The van der Waals surface area contributed by atoms with Crippen LogP contribution in [-0.2, 0) is 6.42 Å². The summed E-state index contributed by atoms with van der Waals surface area (Å²) in [7, 11) is 0. The van der Waals surface area contributed by atoms with Crippen LogP contribution in [0, 0.1) is 0 Å². The molecule has 0 fully saturated rings. The number of hydrogen-bond acceptors (Lipinski definition) is 5. The molecule has 0 amide bonds. The molecule has 0 aliphatic carbocycles. The normalized spacial score (nSPS) is 10.6. The lowest BCUT2D eigenvalue weighted by Gasteiger charge is -2.24. The summed E-state index contributed by atoms with van der Waals surface area (Å²) in [5, 5.41) is 0. The maximum absolute atomic E-state index is 6.14. The third kappa shape index (κ3) is 3.19. The summed E-state index contributed by atoms with van der Waals surface area (Å²) in [5.41, 5.74) is 29.5. The van der Waals surface area contributed by atoms with E-state index >= 15 is 0 Å². The van der Waals surface area contributed by atoms with Gasteiger partial charge in [0.1, 0.15) is 0 Å². The summed E-state index contributed by atoms with van der Waals surface area (Å²) >= 11 is 0. The molecule has 8 N–H and O–H groups in total. The van der Waals surface area contributed by atoms with E-state index in [1.807, 2.05) is 24.3 Å². The van der Waals surface area contributed by atoms with Crippen molar-refractivity contribution in [2.45, 2.75) is 20.3 Å². The highest BCUT2D eigenvalue weighted by atomic mass is 15.1. The quantitative estimate of drug-likeness (QED) is 0.634. The Hall–Kier alpha value is -2.56. The summed E-state index contributed by atoms with van der Waals surface area (Å²) in [6.07, 6.45) is 0.739. The van der Waals surface area contributed by atoms with Crippen LogP contribution in [0.2, 0.25) is 0 Å². The standard InChI is InChI=1S/C17H25N5/c1-3-22(4-2)16-10-12(9-15(20)17(16)21)7-11-5-6-13(18)14(19)8-11/h5-6,8-10H,3-4,7,18-21H2,1-2H3. The minimum atomic E-state index is 0.601. The fraction of sp³-hybridized carbons (Fsp3) is 0.294. The van der Waals surface area contributed by atoms with Gasteiger partial charge in [0, 0.05) is 13.1 Å². The number of hydrogen-bond donors (Lipinski definition) is 4. The molecule has 22 heavy (non-hydrogen) atoms. The highest BCUT2D eigenvalue weighted by Gasteiger charge is 2.11. The minimum Gasteiger partial charge on any atom is -0.397 e. The van der Waals surface area contributed by atoms with Crippen molar-refractivity contribution in [1.82, 2.24) is 0 Å². The van der Waals surface area contributed by atoms with Crippen LogP contribution < -0.4 is 27.8 Å². The van der Waals surface area contributed by atoms with Gasteiger partial charge < -0.3 is 27.8 Å². The van der Waals surface area contributed by atoms with E-state index in [1.165, 1.54) is 0 Å². The number of benzene rings is 2. The Labute approximate surface area is 131 Å². The zero-order valence-electron chi connectivity index (χ0n) is 13.3. The molecule has 0 saturated carbocycles. The van der Waals surface area contributed by atoms with Gasteiger partial charge in [0.05, 0.1) is 28.4 Å². The van der Waals surface area contributed by atoms with Crippen LogP contribution >= 0.6 is 0 Å². The van der Waals surface area contributed by atoms with Gasteiger partial charge in [0.2, 0.25) is 0 Å². The van der Waals surface area contributed by atoms with Gasteiger partial charge in [-0.2, -0.15) is 0 Å². The van der Waals surface area contributed by atoms with E-state index in [1.54, 1.807) is 0 Å². The van der Waals surface area contributed by atoms with Crippen LogP contribution in [0.5, 0.6) is 0 Å². The SMILES string of the molecule is CCN(CC)c1cc(Cc2ccc(N)c(N)c2)cc(N)c1N. The second-order valence-corrected chi connectivity index (χ2v) is 5.43. The lowest BCUT2D eigenvalue weighted by Crippen LogP contribution is -2.23. The van der Waals surface area contributed by atoms with Crippen LogP contribution in [-0.4, -0.2) is 13.1 Å². The van der Waals surface area contributed by atoms with Crippen molar-refractivity contribution >= 4 is 28.4 Å². The molecule has 0 aromatic heterocycles. The van der Waals surface area contributed by atoms with Gasteiger partial charge >= 0.3 is 0 Å². The number of nitrogens with two attached hydrogens (primary N) is 4. The molecule has 5 nitrogen and oxygen atoms in total. The number of nitrogen functional groups attached to an aromatic ring is 4. The Bertz CT molecular complexity index is 662. The molecule has 118 valence electrons. The first-order valence-corrected chi connectivity index (χ1v) is 7.52. The molecule has 0 spiro atoms. The van der Waals surface area contributed by atoms with Gasteiger partial charge in [0.25, 0.3) is 0 Å². The average molecular weight is 299 g/mol. The van der Waals surface area contributed by atoms with Gasteiger partial charge in [-0.1, -0.05) is 6.07 Å². The minimum absolute atomic E-state index is 0.601. The van der Waals surface area contributed by atoms with Crippen molar-refractivity contribution in [2.75, 3.05) is 40.9 Å². The predicted molar refractivity (Wildman–Crippen MR) is 96.9 cm³/mol. The highest BCUT2D eigenvalue weighted by Crippen LogP contribution is 2.31. The first-order valence-electron chi connectivity index (χ1n) is 7.52. The molecule has 0 aliphatic rings. The topological polar surface area (TPSA) is 107 Å². The maximum atomic E-state index is 6.14. The van der Waals surface area contributed by atoms with E-state index < -0.39 is 0 Å². The molecule has 0 saturated heterocycles. The first-order chi connectivity index (χ1) is 10.5. The lowest BCUT2D eigenvalue weighted by molar-refractivity contribution is 0.866. The largest absolute Gasteiger partial charge is 0.397 e. The monoisotopic (exact) mass is 299 g/mol. The molecular weight excluding hydrogens is 274 g/mol. The van der Waals surface area contributed by atoms with Crippen LogP contribution in [0.4, 0.5) is 28.4 Å². The lowest BCUT2D eigenvalue weighted by atomic mass is 10.0. The predicted octanol–water partition coefficient (Wildman–Crippen LogP) is 2.45. The zero-order chi connectivity index (χ0) is 16.3. The van der Waals surface area contributed by atoms with E-state index in [9.17, 15) is 0 Å². The molecule has 2 rings (SSSR count). The molecule has 0 aliphatic heterocycles. The highest BCUT2D eigenvalue weighted by molar-refractivity contribution is 5.80. The Kier molecular flexibility index (Phi) is 4.65. The zero-order valence-corrected chi connectivity index (χ0v) is 13.3. The number of nitrogens with zero attached hydrogens (tertiary/aromatic N) is 1. The summed E-state index contributed by atoms with van der Waals surface area (Å²) in [5.74, 6) is 0. The van der Waals surface area contributed by atoms with E-state index in [0.717, 1.165) is 36.3 Å². The molecule has 0 radical (unpaired) electrons. The van der Waals surface area contributed by atoms with Crippen molar-refractivity contribution in [3.05, 3.63) is 41.5 Å². The Morgan fingerprint density at radius 1 is 0.773 bits per heavy atom. The summed E-state index contributed by atoms with van der Waals surface area (Å²) in [4.78, 5) is 2.20. The Morgan fingerprint density at radius 3 is 2.00 bits per heavy atom. The molecule has 0 unspecified atom stereocenters. The molecule has 5 heteroatoms. The fourth-order valence-electron chi connectivity index (χ4n) is 2.62. The van der Waals surface area contributed by atoms with Crippen LogP contribution in [0.25, 0.3) is 0 Å². The Balaban J connectivity index is 2.37. The third-order valence-corrected chi connectivity index (χ3v) is 3.91. The van der Waals surface area contributed by atoms with E-state index in [2.05, 4.69) is 24.8 Å². The molecule has 2 aromatic carbocycles. The van der Waals surface area contributed by atoms with Gasteiger partial charge in [-0.25, -0.2) is 0 Å². The fourth-order valence-corrected chi connectivity index (χ4v) is 2.62. The van der Waals surface area contributed by atoms with Gasteiger partial charge in [-0.3, -0.25) is 0 Å². The van der Waals surface area contributed by atoms with E-state index in [0.29, 0.717) is 22.7 Å². The van der Waals surface area contributed by atoms with E-state index in [-0.39, 0.29) is 0 Å². The van der Waals surface area contributed by atoms with Crippen LogP contribution in [0.15, 0.2) is 30.3 Å². The maximum Gasteiger partial charge on any atom is 0.0785 e. The van der Waals surface area contributed by atoms with Crippen molar-refractivity contribution < 1.29 is 0 Å². The molecular formula is C17H25N5.